The van der Waals surface area contributed by atoms with Gasteiger partial charge in [0.2, 0.25) is 0 Å². The van der Waals surface area contributed by atoms with E-state index < -0.39 is 11.6 Å². The molecule has 5 nitrogen and oxygen atoms in total. The molecule has 0 radical (unpaired) electrons. The predicted molar refractivity (Wildman–Crippen MR) is 109 cm³/mol. The van der Waals surface area contributed by atoms with E-state index in [0.717, 1.165) is 11.5 Å². The number of anilines is 1. The Morgan fingerprint density at radius 3 is 2.59 bits per heavy atom. The van der Waals surface area contributed by atoms with Gasteiger partial charge >= 0.3 is 0 Å². The summed E-state index contributed by atoms with van der Waals surface area (Å²) >= 11 is 6.32. The number of para-hydroxylation sites is 1. The standard InChI is InChI=1S/C21H12ClF2N5/c22-16-7-3-1-5-14(16)20-26-18-8-4-2-6-15(18)21(27-20)28-29-19-12(11-25-29)9-13(23)10-17(19)24/h1-11H,(H,26,27,28). The minimum atomic E-state index is -0.727. The molecule has 0 unspecified atom stereocenters. The third-order valence-corrected chi connectivity index (χ3v) is 4.84. The van der Waals surface area contributed by atoms with Crippen LogP contribution < -0.4 is 5.43 Å². The number of fused-ring (bicyclic) bond motifs is 2. The Bertz CT molecular complexity index is 1380. The molecule has 0 atom stereocenters. The van der Waals surface area contributed by atoms with Gasteiger partial charge in [0, 0.05) is 22.4 Å². The van der Waals surface area contributed by atoms with E-state index in [1.165, 1.54) is 17.1 Å². The maximum Gasteiger partial charge on any atom is 0.163 e. The Balaban J connectivity index is 1.70. The molecule has 0 aliphatic heterocycles. The summed E-state index contributed by atoms with van der Waals surface area (Å²) in [6, 6.07) is 16.7. The van der Waals surface area contributed by atoms with Crippen LogP contribution in [0.4, 0.5) is 14.6 Å². The number of hydrogen-bond donors (Lipinski definition) is 1. The molecular formula is C21H12ClF2N5. The number of nitrogens with zero attached hydrogens (tertiary/aromatic N) is 4. The summed E-state index contributed by atoms with van der Waals surface area (Å²) in [4.78, 5) is 10.4. The quantitative estimate of drug-likeness (QED) is 0.432. The molecule has 5 rings (SSSR count). The summed E-state index contributed by atoms with van der Waals surface area (Å²) < 4.78 is 27.9. The van der Waals surface area contributed by atoms with Crippen molar-refractivity contribution in [3.63, 3.8) is 0 Å². The molecule has 5 aromatic rings. The second-order valence-electron chi connectivity index (χ2n) is 6.39. The summed E-state index contributed by atoms with van der Waals surface area (Å²) in [5, 5.41) is 5.70. The summed E-state index contributed by atoms with van der Waals surface area (Å²) in [7, 11) is 0. The molecule has 29 heavy (non-hydrogen) atoms. The van der Waals surface area contributed by atoms with Crippen LogP contribution in [0, 0.1) is 11.6 Å². The SMILES string of the molecule is Fc1cc(F)c2c(cnn2Nc2nc(-c3ccccc3Cl)nc3ccccc23)c1. The Morgan fingerprint density at radius 2 is 1.72 bits per heavy atom. The fraction of sp³-hybridized carbons (Fsp3) is 0. The molecular weight excluding hydrogens is 396 g/mol. The fourth-order valence-electron chi connectivity index (χ4n) is 3.20. The van der Waals surface area contributed by atoms with Crippen molar-refractivity contribution >= 4 is 39.2 Å². The Morgan fingerprint density at radius 1 is 0.931 bits per heavy atom. The van der Waals surface area contributed by atoms with Crippen LogP contribution in [0.3, 0.4) is 0 Å². The maximum atomic E-state index is 14.4. The largest absolute Gasteiger partial charge is 0.260 e. The molecule has 0 saturated carbocycles. The van der Waals surface area contributed by atoms with Crippen LogP contribution in [-0.2, 0) is 0 Å². The molecule has 0 aliphatic carbocycles. The Hall–Kier alpha value is -3.58. The fourth-order valence-corrected chi connectivity index (χ4v) is 3.42. The van der Waals surface area contributed by atoms with Crippen molar-refractivity contribution in [1.29, 1.82) is 0 Å². The zero-order valence-electron chi connectivity index (χ0n) is 14.8. The molecule has 0 bridgehead atoms. The Labute approximate surface area is 168 Å². The van der Waals surface area contributed by atoms with Crippen LogP contribution in [0.1, 0.15) is 0 Å². The number of hydrogen-bond acceptors (Lipinski definition) is 4. The first-order valence-corrected chi connectivity index (χ1v) is 9.09. The minimum absolute atomic E-state index is 0.119. The molecule has 0 spiro atoms. The maximum absolute atomic E-state index is 14.4. The predicted octanol–water partition coefficient (Wildman–Crippen LogP) is 5.45. The number of halogens is 3. The summed E-state index contributed by atoms with van der Waals surface area (Å²) in [5.41, 5.74) is 4.48. The minimum Gasteiger partial charge on any atom is -0.260 e. The smallest absolute Gasteiger partial charge is 0.163 e. The summed E-state index contributed by atoms with van der Waals surface area (Å²) in [6.45, 7) is 0. The molecule has 0 aliphatic rings. The molecule has 0 saturated heterocycles. The van der Waals surface area contributed by atoms with Crippen LogP contribution in [-0.4, -0.2) is 19.9 Å². The molecule has 8 heteroatoms. The van der Waals surface area contributed by atoms with Crippen LogP contribution in [0.15, 0.2) is 66.9 Å². The zero-order valence-corrected chi connectivity index (χ0v) is 15.5. The van der Waals surface area contributed by atoms with Crippen molar-refractivity contribution in [1.82, 2.24) is 19.9 Å². The highest BCUT2D eigenvalue weighted by molar-refractivity contribution is 6.33. The van der Waals surface area contributed by atoms with Gasteiger partial charge < -0.3 is 0 Å². The van der Waals surface area contributed by atoms with E-state index >= 15 is 0 Å². The van der Waals surface area contributed by atoms with Gasteiger partial charge in [-0.25, -0.2) is 18.7 Å². The van der Waals surface area contributed by atoms with Gasteiger partial charge in [-0.05, 0) is 30.3 Å². The van der Waals surface area contributed by atoms with Gasteiger partial charge in [0.25, 0.3) is 0 Å². The zero-order chi connectivity index (χ0) is 20.0. The lowest BCUT2D eigenvalue weighted by Gasteiger charge is -2.12. The Kier molecular flexibility index (Phi) is 4.10. The topological polar surface area (TPSA) is 55.6 Å². The van der Waals surface area contributed by atoms with Gasteiger partial charge in [-0.3, -0.25) is 5.43 Å². The van der Waals surface area contributed by atoms with Gasteiger partial charge in [-0.1, -0.05) is 35.9 Å². The highest BCUT2D eigenvalue weighted by Gasteiger charge is 2.15. The monoisotopic (exact) mass is 407 g/mol. The van der Waals surface area contributed by atoms with Crippen LogP contribution >= 0.6 is 11.6 Å². The van der Waals surface area contributed by atoms with Crippen LogP contribution in [0.25, 0.3) is 33.2 Å². The van der Waals surface area contributed by atoms with Crippen molar-refractivity contribution < 1.29 is 8.78 Å². The first-order chi connectivity index (χ1) is 14.1. The third kappa shape index (κ3) is 3.05. The van der Waals surface area contributed by atoms with E-state index in [2.05, 4.69) is 20.5 Å². The first-order valence-electron chi connectivity index (χ1n) is 8.71. The van der Waals surface area contributed by atoms with Crippen LogP contribution in [0.5, 0.6) is 0 Å². The second-order valence-corrected chi connectivity index (χ2v) is 6.79. The molecule has 2 heterocycles. The van der Waals surface area contributed by atoms with E-state index in [9.17, 15) is 8.78 Å². The van der Waals surface area contributed by atoms with Gasteiger partial charge in [-0.15, -0.1) is 0 Å². The molecule has 2 aromatic heterocycles. The first kappa shape index (κ1) is 17.5. The van der Waals surface area contributed by atoms with Crippen molar-refractivity contribution in [2.45, 2.75) is 0 Å². The van der Waals surface area contributed by atoms with Gasteiger partial charge in [0.05, 0.1) is 16.7 Å². The van der Waals surface area contributed by atoms with Crippen LogP contribution in [0.2, 0.25) is 5.02 Å². The molecule has 142 valence electrons. The normalized spacial score (nSPS) is 11.3. The van der Waals surface area contributed by atoms with Gasteiger partial charge in [0.15, 0.2) is 17.5 Å². The van der Waals surface area contributed by atoms with Crippen molar-refractivity contribution in [3.05, 3.63) is 83.5 Å². The average Bonchev–Trinajstić information content (AvgIpc) is 3.11. The van der Waals surface area contributed by atoms with Crippen molar-refractivity contribution in [3.8, 4) is 11.4 Å². The molecule has 1 N–H and O–H groups in total. The number of nitrogens with one attached hydrogen (secondary N) is 1. The van der Waals surface area contributed by atoms with E-state index in [-0.39, 0.29) is 5.52 Å². The molecule has 0 fully saturated rings. The third-order valence-electron chi connectivity index (χ3n) is 4.51. The number of aromatic nitrogens is 4. The van der Waals surface area contributed by atoms with Gasteiger partial charge in [0.1, 0.15) is 11.3 Å². The highest BCUT2D eigenvalue weighted by atomic mass is 35.5. The number of rotatable bonds is 3. The lowest BCUT2D eigenvalue weighted by atomic mass is 10.2. The molecule has 3 aromatic carbocycles. The number of benzene rings is 3. The van der Waals surface area contributed by atoms with E-state index in [4.69, 9.17) is 11.6 Å². The van der Waals surface area contributed by atoms with Gasteiger partial charge in [-0.2, -0.15) is 9.89 Å². The lowest BCUT2D eigenvalue weighted by Crippen LogP contribution is -2.13. The summed E-state index contributed by atoms with van der Waals surface area (Å²) in [6.07, 6.45) is 1.38. The van der Waals surface area contributed by atoms with Crippen molar-refractivity contribution in [2.75, 3.05) is 5.43 Å². The van der Waals surface area contributed by atoms with E-state index in [1.54, 1.807) is 6.07 Å². The van der Waals surface area contributed by atoms with E-state index in [1.807, 2.05) is 42.5 Å². The lowest BCUT2D eigenvalue weighted by molar-refractivity contribution is 0.587. The average molecular weight is 408 g/mol. The second kappa shape index (κ2) is 6.79. The van der Waals surface area contributed by atoms with E-state index in [0.29, 0.717) is 33.1 Å². The summed E-state index contributed by atoms with van der Waals surface area (Å²) in [5.74, 6) is -0.559. The van der Waals surface area contributed by atoms with Crippen molar-refractivity contribution in [2.24, 2.45) is 0 Å². The molecule has 0 amide bonds. The highest BCUT2D eigenvalue weighted by Crippen LogP contribution is 2.29.